The predicted octanol–water partition coefficient (Wildman–Crippen LogP) is 3.17. The van der Waals surface area contributed by atoms with Crippen LogP contribution in [0.3, 0.4) is 0 Å². The number of aryl methyl sites for hydroxylation is 1. The van der Waals surface area contributed by atoms with E-state index in [1.807, 2.05) is 0 Å². The van der Waals surface area contributed by atoms with Gasteiger partial charge in [0.25, 0.3) is 5.69 Å². The Labute approximate surface area is 117 Å². The highest BCUT2D eigenvalue weighted by Gasteiger charge is 2.35. The van der Waals surface area contributed by atoms with Crippen molar-refractivity contribution in [3.8, 4) is 6.07 Å². The average molecular weight is 275 g/mol. The molecule has 6 nitrogen and oxygen atoms in total. The topological polar surface area (TPSA) is 96.0 Å². The maximum Gasteiger partial charge on any atom is 0.269 e. The van der Waals surface area contributed by atoms with Crippen molar-refractivity contribution in [2.75, 3.05) is 5.32 Å². The van der Waals surface area contributed by atoms with Crippen molar-refractivity contribution in [1.82, 2.24) is 0 Å². The van der Waals surface area contributed by atoms with Crippen LogP contribution in [0.25, 0.3) is 0 Å². The SMILES string of the molecule is CCC(C#N)(CC)C(=O)Nc1ccc([N+](=O)[O-])cc1C. The molecule has 1 rings (SSSR count). The van der Waals surface area contributed by atoms with Gasteiger partial charge in [-0.15, -0.1) is 0 Å². The summed E-state index contributed by atoms with van der Waals surface area (Å²) < 4.78 is 0. The van der Waals surface area contributed by atoms with Crippen molar-refractivity contribution in [3.63, 3.8) is 0 Å². The molecule has 20 heavy (non-hydrogen) atoms. The lowest BCUT2D eigenvalue weighted by Gasteiger charge is -2.22. The van der Waals surface area contributed by atoms with Crippen molar-refractivity contribution in [1.29, 1.82) is 5.26 Å². The summed E-state index contributed by atoms with van der Waals surface area (Å²) in [5.74, 6) is -0.373. The number of non-ortho nitro benzene ring substituents is 1. The molecule has 1 amide bonds. The fraction of sp³-hybridized carbons (Fsp3) is 0.429. The first kappa shape index (κ1) is 15.6. The fourth-order valence-corrected chi connectivity index (χ4v) is 1.92. The number of rotatable bonds is 5. The summed E-state index contributed by atoms with van der Waals surface area (Å²) in [7, 11) is 0. The van der Waals surface area contributed by atoms with Gasteiger partial charge in [-0.25, -0.2) is 0 Å². The van der Waals surface area contributed by atoms with Crippen LogP contribution in [0.2, 0.25) is 0 Å². The van der Waals surface area contributed by atoms with E-state index in [0.717, 1.165) is 0 Å². The minimum atomic E-state index is -1.06. The molecule has 106 valence electrons. The molecule has 0 atom stereocenters. The van der Waals surface area contributed by atoms with Crippen LogP contribution in [0.15, 0.2) is 18.2 Å². The number of nitro benzene ring substituents is 1. The summed E-state index contributed by atoms with van der Waals surface area (Å²) in [4.78, 5) is 22.4. The molecule has 0 aliphatic carbocycles. The lowest BCUT2D eigenvalue weighted by atomic mass is 9.83. The Bertz CT molecular complexity index is 572. The third kappa shape index (κ3) is 2.94. The Kier molecular flexibility index (Phi) is 4.81. The molecular weight excluding hydrogens is 258 g/mol. The Morgan fingerprint density at radius 2 is 2.05 bits per heavy atom. The molecule has 0 fully saturated rings. The van der Waals surface area contributed by atoms with Gasteiger partial charge < -0.3 is 5.32 Å². The summed E-state index contributed by atoms with van der Waals surface area (Å²) in [5, 5.41) is 22.6. The van der Waals surface area contributed by atoms with Gasteiger partial charge >= 0.3 is 0 Å². The van der Waals surface area contributed by atoms with Crippen LogP contribution in [0.5, 0.6) is 0 Å². The van der Waals surface area contributed by atoms with Gasteiger partial charge in [-0.2, -0.15) is 5.26 Å². The second kappa shape index (κ2) is 6.15. The average Bonchev–Trinajstić information content (AvgIpc) is 2.43. The van der Waals surface area contributed by atoms with E-state index >= 15 is 0 Å². The Balaban J connectivity index is 3.03. The zero-order chi connectivity index (χ0) is 15.3. The number of nitrogens with zero attached hydrogens (tertiary/aromatic N) is 2. The van der Waals surface area contributed by atoms with Crippen LogP contribution in [0.1, 0.15) is 32.3 Å². The van der Waals surface area contributed by atoms with Crippen LogP contribution in [-0.2, 0) is 4.79 Å². The zero-order valence-corrected chi connectivity index (χ0v) is 11.8. The normalized spacial score (nSPS) is 10.7. The molecule has 0 bridgehead atoms. The molecule has 1 N–H and O–H groups in total. The first-order chi connectivity index (χ1) is 9.40. The molecule has 0 aliphatic rings. The highest BCUT2D eigenvalue weighted by atomic mass is 16.6. The summed E-state index contributed by atoms with van der Waals surface area (Å²) in [6.07, 6.45) is 0.829. The van der Waals surface area contributed by atoms with E-state index in [1.165, 1.54) is 18.2 Å². The molecule has 0 aromatic heterocycles. The van der Waals surface area contributed by atoms with Crippen molar-refractivity contribution in [2.24, 2.45) is 5.41 Å². The first-order valence-corrected chi connectivity index (χ1v) is 6.38. The zero-order valence-electron chi connectivity index (χ0n) is 11.8. The Hall–Kier alpha value is -2.42. The lowest BCUT2D eigenvalue weighted by molar-refractivity contribution is -0.384. The number of carbonyl (C=O) groups excluding carboxylic acids is 1. The van der Waals surface area contributed by atoms with Gasteiger partial charge in [0.2, 0.25) is 5.91 Å². The number of amides is 1. The van der Waals surface area contributed by atoms with Crippen LogP contribution in [0, 0.1) is 33.8 Å². The van der Waals surface area contributed by atoms with Gasteiger partial charge in [0.1, 0.15) is 5.41 Å². The first-order valence-electron chi connectivity index (χ1n) is 6.38. The molecule has 6 heteroatoms. The maximum atomic E-state index is 12.2. The number of nitriles is 1. The number of hydrogen-bond donors (Lipinski definition) is 1. The van der Waals surface area contributed by atoms with Crippen molar-refractivity contribution >= 4 is 17.3 Å². The van der Waals surface area contributed by atoms with Gasteiger partial charge in [-0.05, 0) is 31.4 Å². The Morgan fingerprint density at radius 3 is 2.45 bits per heavy atom. The molecule has 0 saturated heterocycles. The fourth-order valence-electron chi connectivity index (χ4n) is 1.92. The van der Waals surface area contributed by atoms with Gasteiger partial charge in [-0.3, -0.25) is 14.9 Å². The molecule has 0 unspecified atom stereocenters. The second-order valence-corrected chi connectivity index (χ2v) is 4.61. The highest BCUT2D eigenvalue weighted by Crippen LogP contribution is 2.29. The number of nitrogens with one attached hydrogen (secondary N) is 1. The quantitative estimate of drug-likeness (QED) is 0.659. The number of hydrogen-bond acceptors (Lipinski definition) is 4. The molecule has 1 aromatic rings. The maximum absolute atomic E-state index is 12.2. The van der Waals surface area contributed by atoms with Crippen molar-refractivity contribution in [3.05, 3.63) is 33.9 Å². The van der Waals surface area contributed by atoms with Crippen LogP contribution >= 0.6 is 0 Å². The molecule has 0 radical (unpaired) electrons. The monoisotopic (exact) mass is 275 g/mol. The largest absolute Gasteiger partial charge is 0.324 e. The third-order valence-electron chi connectivity index (χ3n) is 3.52. The third-order valence-corrected chi connectivity index (χ3v) is 3.52. The molecular formula is C14H17N3O3. The van der Waals surface area contributed by atoms with E-state index in [2.05, 4.69) is 11.4 Å². The van der Waals surface area contributed by atoms with Crippen LogP contribution < -0.4 is 5.32 Å². The van der Waals surface area contributed by atoms with Crippen molar-refractivity contribution in [2.45, 2.75) is 33.6 Å². The van der Waals surface area contributed by atoms with E-state index in [-0.39, 0.29) is 11.6 Å². The molecule has 0 heterocycles. The standard InChI is InChI=1S/C14H17N3O3/c1-4-14(5-2,9-15)13(18)16-12-7-6-11(17(19)20)8-10(12)3/h6-8H,4-5H2,1-3H3,(H,16,18). The Morgan fingerprint density at radius 1 is 1.45 bits per heavy atom. The summed E-state index contributed by atoms with van der Waals surface area (Å²) in [6, 6.07) is 6.27. The van der Waals surface area contributed by atoms with Crippen LogP contribution in [0.4, 0.5) is 11.4 Å². The van der Waals surface area contributed by atoms with Gasteiger partial charge in [0.15, 0.2) is 0 Å². The van der Waals surface area contributed by atoms with Gasteiger partial charge in [0.05, 0.1) is 11.0 Å². The number of benzene rings is 1. The number of carbonyl (C=O) groups is 1. The predicted molar refractivity (Wildman–Crippen MR) is 75.1 cm³/mol. The van der Waals surface area contributed by atoms with E-state index in [0.29, 0.717) is 24.1 Å². The summed E-state index contributed by atoms with van der Waals surface area (Å²) >= 11 is 0. The van der Waals surface area contributed by atoms with Gasteiger partial charge in [0, 0.05) is 17.8 Å². The van der Waals surface area contributed by atoms with Crippen molar-refractivity contribution < 1.29 is 9.72 Å². The highest BCUT2D eigenvalue weighted by molar-refractivity contribution is 5.97. The van der Waals surface area contributed by atoms with Gasteiger partial charge in [-0.1, -0.05) is 13.8 Å². The number of anilines is 1. The lowest BCUT2D eigenvalue weighted by Crippen LogP contribution is -2.34. The molecule has 1 aromatic carbocycles. The molecule has 0 saturated carbocycles. The minimum absolute atomic E-state index is 0.0296. The second-order valence-electron chi connectivity index (χ2n) is 4.61. The van der Waals surface area contributed by atoms with E-state index < -0.39 is 10.3 Å². The summed E-state index contributed by atoms with van der Waals surface area (Å²) in [6.45, 7) is 5.25. The smallest absolute Gasteiger partial charge is 0.269 e. The van der Waals surface area contributed by atoms with Crippen LogP contribution in [-0.4, -0.2) is 10.8 Å². The van der Waals surface area contributed by atoms with E-state index in [4.69, 9.17) is 0 Å². The number of nitro groups is 1. The molecule has 0 spiro atoms. The molecule has 0 aliphatic heterocycles. The van der Waals surface area contributed by atoms with E-state index in [9.17, 15) is 20.2 Å². The van der Waals surface area contributed by atoms with E-state index in [1.54, 1.807) is 20.8 Å². The summed E-state index contributed by atoms with van der Waals surface area (Å²) in [5.41, 5.74) is -0.0134. The minimum Gasteiger partial charge on any atom is -0.324 e.